The standard InChI is InChI=1S/C10H22N2/c1-11-9-10(12-2)7-5-3-4-6-8-10/h11-12H,3-9H2,1-2H3. The smallest absolute Gasteiger partial charge is 0.0303 e. The minimum atomic E-state index is 0.394. The minimum absolute atomic E-state index is 0.394. The molecular formula is C10H22N2. The summed E-state index contributed by atoms with van der Waals surface area (Å²) in [5.74, 6) is 0. The van der Waals surface area contributed by atoms with Crippen LogP contribution in [0.4, 0.5) is 0 Å². The van der Waals surface area contributed by atoms with Gasteiger partial charge in [0.1, 0.15) is 0 Å². The summed E-state index contributed by atoms with van der Waals surface area (Å²) in [7, 11) is 4.15. The molecule has 0 heterocycles. The van der Waals surface area contributed by atoms with Gasteiger partial charge in [-0.15, -0.1) is 0 Å². The van der Waals surface area contributed by atoms with Gasteiger partial charge in [-0.2, -0.15) is 0 Å². The maximum absolute atomic E-state index is 3.50. The Labute approximate surface area is 76.1 Å². The molecule has 0 aromatic carbocycles. The molecule has 1 saturated carbocycles. The zero-order valence-electron chi connectivity index (χ0n) is 8.45. The Hall–Kier alpha value is -0.0800. The van der Waals surface area contributed by atoms with Crippen molar-refractivity contribution in [1.29, 1.82) is 0 Å². The first-order valence-corrected chi connectivity index (χ1v) is 5.16. The monoisotopic (exact) mass is 170 g/mol. The molecule has 2 N–H and O–H groups in total. The van der Waals surface area contributed by atoms with Gasteiger partial charge >= 0.3 is 0 Å². The van der Waals surface area contributed by atoms with Crippen LogP contribution in [0.15, 0.2) is 0 Å². The number of nitrogens with one attached hydrogen (secondary N) is 2. The molecule has 0 bridgehead atoms. The van der Waals surface area contributed by atoms with E-state index in [1.807, 2.05) is 7.05 Å². The normalized spacial score (nSPS) is 23.5. The SMILES string of the molecule is CNCC1(NC)CCCCCC1. The third-order valence-electron chi connectivity index (χ3n) is 3.11. The molecule has 12 heavy (non-hydrogen) atoms. The Morgan fingerprint density at radius 3 is 2.00 bits per heavy atom. The zero-order valence-corrected chi connectivity index (χ0v) is 8.45. The lowest BCUT2D eigenvalue weighted by atomic mass is 9.90. The molecule has 0 spiro atoms. The largest absolute Gasteiger partial charge is 0.318 e. The Morgan fingerprint density at radius 1 is 1.00 bits per heavy atom. The molecule has 0 unspecified atom stereocenters. The lowest BCUT2D eigenvalue weighted by molar-refractivity contribution is 0.298. The van der Waals surface area contributed by atoms with Crippen LogP contribution in [0.1, 0.15) is 38.5 Å². The van der Waals surface area contributed by atoms with Gasteiger partial charge in [0, 0.05) is 12.1 Å². The van der Waals surface area contributed by atoms with Crippen LogP contribution in [0.5, 0.6) is 0 Å². The molecule has 0 atom stereocenters. The topological polar surface area (TPSA) is 24.1 Å². The first kappa shape index (κ1) is 10.0. The molecule has 0 amide bonds. The van der Waals surface area contributed by atoms with E-state index in [0.29, 0.717) is 5.54 Å². The van der Waals surface area contributed by atoms with E-state index in [-0.39, 0.29) is 0 Å². The zero-order chi connectivity index (χ0) is 8.86. The Morgan fingerprint density at radius 2 is 1.58 bits per heavy atom. The highest BCUT2D eigenvalue weighted by Crippen LogP contribution is 2.25. The van der Waals surface area contributed by atoms with Crippen LogP contribution in [-0.2, 0) is 0 Å². The predicted molar refractivity (Wildman–Crippen MR) is 53.4 cm³/mol. The summed E-state index contributed by atoms with van der Waals surface area (Å²) in [6.07, 6.45) is 8.31. The van der Waals surface area contributed by atoms with Crippen LogP contribution in [0.25, 0.3) is 0 Å². The van der Waals surface area contributed by atoms with Crippen LogP contribution < -0.4 is 10.6 Å². The molecule has 2 heteroatoms. The first-order valence-electron chi connectivity index (χ1n) is 5.16. The first-order chi connectivity index (χ1) is 5.83. The molecule has 2 nitrogen and oxygen atoms in total. The highest BCUT2D eigenvalue weighted by molar-refractivity contribution is 4.89. The summed E-state index contributed by atoms with van der Waals surface area (Å²) >= 11 is 0. The summed E-state index contributed by atoms with van der Waals surface area (Å²) in [5, 5.41) is 6.79. The Balaban J connectivity index is 2.48. The lowest BCUT2D eigenvalue weighted by Crippen LogP contribution is -2.49. The molecule has 0 aromatic rings. The molecule has 0 aromatic heterocycles. The second-order valence-corrected chi connectivity index (χ2v) is 3.97. The van der Waals surface area contributed by atoms with E-state index < -0.39 is 0 Å². The number of hydrogen-bond donors (Lipinski definition) is 2. The van der Waals surface area contributed by atoms with Gasteiger partial charge in [0.15, 0.2) is 0 Å². The van der Waals surface area contributed by atoms with Crippen LogP contribution >= 0.6 is 0 Å². The van der Waals surface area contributed by atoms with Crippen molar-refractivity contribution in [2.24, 2.45) is 0 Å². The van der Waals surface area contributed by atoms with Gasteiger partial charge in [0.05, 0.1) is 0 Å². The fraction of sp³-hybridized carbons (Fsp3) is 1.00. The lowest BCUT2D eigenvalue weighted by Gasteiger charge is -2.32. The fourth-order valence-corrected chi connectivity index (χ4v) is 2.26. The molecule has 72 valence electrons. The third kappa shape index (κ3) is 2.46. The van der Waals surface area contributed by atoms with Crippen molar-refractivity contribution in [2.75, 3.05) is 20.6 Å². The number of rotatable bonds is 3. The predicted octanol–water partition coefficient (Wildman–Crippen LogP) is 1.52. The van der Waals surface area contributed by atoms with Crippen LogP contribution in [0, 0.1) is 0 Å². The van der Waals surface area contributed by atoms with Crippen molar-refractivity contribution in [3.05, 3.63) is 0 Å². The average molecular weight is 170 g/mol. The van der Waals surface area contributed by atoms with Gasteiger partial charge in [-0.25, -0.2) is 0 Å². The molecular weight excluding hydrogens is 148 g/mol. The molecule has 0 aliphatic heterocycles. The van der Waals surface area contributed by atoms with E-state index in [0.717, 1.165) is 6.54 Å². The average Bonchev–Trinajstić information content (AvgIpc) is 2.32. The molecule has 0 radical (unpaired) electrons. The minimum Gasteiger partial charge on any atom is -0.318 e. The summed E-state index contributed by atoms with van der Waals surface area (Å²) < 4.78 is 0. The van der Waals surface area contributed by atoms with Gasteiger partial charge in [0.25, 0.3) is 0 Å². The maximum Gasteiger partial charge on any atom is 0.0303 e. The van der Waals surface area contributed by atoms with Crippen molar-refractivity contribution < 1.29 is 0 Å². The molecule has 1 aliphatic rings. The number of likely N-dealkylation sites (N-methyl/N-ethyl adjacent to an activating group) is 2. The number of hydrogen-bond acceptors (Lipinski definition) is 2. The van der Waals surface area contributed by atoms with Crippen molar-refractivity contribution >= 4 is 0 Å². The van der Waals surface area contributed by atoms with E-state index in [1.54, 1.807) is 0 Å². The molecule has 1 fully saturated rings. The van der Waals surface area contributed by atoms with Crippen molar-refractivity contribution in [3.63, 3.8) is 0 Å². The molecule has 1 rings (SSSR count). The van der Waals surface area contributed by atoms with Gasteiger partial charge in [-0.05, 0) is 26.9 Å². The van der Waals surface area contributed by atoms with Crippen LogP contribution in [0.3, 0.4) is 0 Å². The van der Waals surface area contributed by atoms with Crippen LogP contribution in [0.2, 0.25) is 0 Å². The molecule has 1 aliphatic carbocycles. The van der Waals surface area contributed by atoms with Gasteiger partial charge in [0.2, 0.25) is 0 Å². The van der Waals surface area contributed by atoms with Crippen LogP contribution in [-0.4, -0.2) is 26.2 Å². The van der Waals surface area contributed by atoms with Gasteiger partial charge < -0.3 is 10.6 Å². The summed E-state index contributed by atoms with van der Waals surface area (Å²) in [4.78, 5) is 0. The fourth-order valence-electron chi connectivity index (χ4n) is 2.26. The van der Waals surface area contributed by atoms with Crippen molar-refractivity contribution in [3.8, 4) is 0 Å². The Bertz CT molecular complexity index is 115. The second kappa shape index (κ2) is 4.83. The second-order valence-electron chi connectivity index (χ2n) is 3.97. The van der Waals surface area contributed by atoms with E-state index >= 15 is 0 Å². The highest BCUT2D eigenvalue weighted by Gasteiger charge is 2.27. The van der Waals surface area contributed by atoms with E-state index in [9.17, 15) is 0 Å². The van der Waals surface area contributed by atoms with Crippen molar-refractivity contribution in [1.82, 2.24) is 10.6 Å². The Kier molecular flexibility index (Phi) is 4.02. The van der Waals surface area contributed by atoms with E-state index in [2.05, 4.69) is 17.7 Å². The third-order valence-corrected chi connectivity index (χ3v) is 3.11. The van der Waals surface area contributed by atoms with Crippen molar-refractivity contribution in [2.45, 2.75) is 44.1 Å². The summed E-state index contributed by atoms with van der Waals surface area (Å²) in [5.41, 5.74) is 0.394. The summed E-state index contributed by atoms with van der Waals surface area (Å²) in [6.45, 7) is 1.11. The molecule has 0 saturated heterocycles. The van der Waals surface area contributed by atoms with Gasteiger partial charge in [-0.1, -0.05) is 25.7 Å². The maximum atomic E-state index is 3.50. The highest BCUT2D eigenvalue weighted by atomic mass is 15.0. The van der Waals surface area contributed by atoms with E-state index in [1.165, 1.54) is 38.5 Å². The summed E-state index contributed by atoms with van der Waals surface area (Å²) in [6, 6.07) is 0. The van der Waals surface area contributed by atoms with E-state index in [4.69, 9.17) is 0 Å². The van der Waals surface area contributed by atoms with Gasteiger partial charge in [-0.3, -0.25) is 0 Å². The quantitative estimate of drug-likeness (QED) is 0.628.